The molecule has 404 valence electrons. The molecule has 1 fully saturated rings. The Bertz CT molecular complexity index is 2370. The molecule has 15 N–H and O–H groups in total. The van der Waals surface area contributed by atoms with Gasteiger partial charge in [-0.1, -0.05) is 56.3 Å². The van der Waals surface area contributed by atoms with Crippen molar-refractivity contribution in [3.63, 3.8) is 0 Å². The van der Waals surface area contributed by atoms with Crippen LogP contribution in [0.4, 0.5) is 0 Å². The number of rotatable bonds is 29. The van der Waals surface area contributed by atoms with E-state index in [0.717, 1.165) is 0 Å². The van der Waals surface area contributed by atoms with Crippen LogP contribution in [0.25, 0.3) is 0 Å². The zero-order valence-corrected chi connectivity index (χ0v) is 41.3. The van der Waals surface area contributed by atoms with Crippen LogP contribution < -0.4 is 48.7 Å². The van der Waals surface area contributed by atoms with Crippen LogP contribution in [0.15, 0.2) is 54.6 Å². The lowest BCUT2D eigenvalue weighted by molar-refractivity contribution is -0.145. The fourth-order valence-electron chi connectivity index (χ4n) is 7.70. The van der Waals surface area contributed by atoms with E-state index in [9.17, 15) is 72.9 Å². The molecule has 0 unspecified atom stereocenters. The van der Waals surface area contributed by atoms with Crippen LogP contribution in [0, 0.1) is 5.92 Å². The molecule has 2 aromatic rings. The van der Waals surface area contributed by atoms with E-state index in [-0.39, 0.29) is 38.0 Å². The van der Waals surface area contributed by atoms with E-state index in [4.69, 9.17) is 16.6 Å². The van der Waals surface area contributed by atoms with Crippen molar-refractivity contribution in [2.75, 3.05) is 6.54 Å². The number of nitrogens with zero attached hydrogens (tertiary/aromatic N) is 1. The van der Waals surface area contributed by atoms with Gasteiger partial charge in [-0.05, 0) is 68.7 Å². The van der Waals surface area contributed by atoms with E-state index in [1.807, 2.05) is 0 Å². The predicted molar refractivity (Wildman–Crippen MR) is 260 cm³/mol. The lowest BCUT2D eigenvalue weighted by Crippen LogP contribution is -2.60. The van der Waals surface area contributed by atoms with Gasteiger partial charge in [0.1, 0.15) is 54.1 Å². The summed E-state index contributed by atoms with van der Waals surface area (Å²) in [6, 6.07) is 1.29. The van der Waals surface area contributed by atoms with Crippen molar-refractivity contribution in [2.45, 2.75) is 140 Å². The number of nitrogens with one attached hydrogen (secondary N) is 7. The fraction of sp³-hybridized carbons (Fsp3) is 0.500. The Hall–Kier alpha value is -8.16. The molecule has 1 saturated heterocycles. The monoisotopic (exact) mass is 1040 g/mol. The highest BCUT2D eigenvalue weighted by Crippen LogP contribution is 2.20. The molecule has 1 aliphatic heterocycles. The summed E-state index contributed by atoms with van der Waals surface area (Å²) in [5.41, 5.74) is 12.0. The molecule has 2 aromatic carbocycles. The molecular weight excluding hydrogens is 973 g/mol. The summed E-state index contributed by atoms with van der Waals surface area (Å²) in [4.78, 5) is 156. The second kappa shape index (κ2) is 28.8. The van der Waals surface area contributed by atoms with E-state index in [1.54, 1.807) is 30.3 Å². The first-order valence-corrected chi connectivity index (χ1v) is 23.7. The van der Waals surface area contributed by atoms with E-state index in [1.165, 1.54) is 56.9 Å². The Balaban J connectivity index is 1.78. The second-order valence-corrected chi connectivity index (χ2v) is 18.2. The molecule has 0 aliphatic carbocycles. The number of phenolic OH excluding ortho intramolecular Hbond substituents is 1. The third kappa shape index (κ3) is 19.5. The third-order valence-corrected chi connectivity index (χ3v) is 11.8. The number of hydrogen-bond donors (Lipinski definition) is 13. The molecule has 9 amide bonds. The summed E-state index contributed by atoms with van der Waals surface area (Å²) in [5.74, 6) is -13.1. The number of amides is 9. The molecule has 0 bridgehead atoms. The van der Waals surface area contributed by atoms with Gasteiger partial charge < -0.3 is 74.0 Å². The largest absolute Gasteiger partial charge is 0.508 e. The molecule has 1 aliphatic rings. The molecule has 0 spiro atoms. The smallest absolute Gasteiger partial charge is 0.326 e. The van der Waals surface area contributed by atoms with Gasteiger partial charge in [0.05, 0.1) is 12.5 Å². The molecule has 0 radical (unpaired) electrons. The first kappa shape index (κ1) is 60.1. The molecule has 9 atom stereocenters. The van der Waals surface area contributed by atoms with Crippen molar-refractivity contribution in [3.05, 3.63) is 65.7 Å². The number of likely N-dealkylation sites (tertiary alicyclic amines) is 1. The van der Waals surface area contributed by atoms with Crippen molar-refractivity contribution in [3.8, 4) is 5.75 Å². The first-order chi connectivity index (χ1) is 34.8. The van der Waals surface area contributed by atoms with Crippen molar-refractivity contribution in [1.29, 1.82) is 0 Å². The van der Waals surface area contributed by atoms with Gasteiger partial charge in [-0.3, -0.25) is 52.7 Å². The van der Waals surface area contributed by atoms with Crippen molar-refractivity contribution in [2.24, 2.45) is 17.4 Å². The molecular formula is C48H66N10O16. The number of carbonyl (C=O) groups excluding carboxylic acids is 9. The fourth-order valence-corrected chi connectivity index (χ4v) is 7.70. The maximum absolute atomic E-state index is 14.1. The Morgan fingerprint density at radius 1 is 0.595 bits per heavy atom. The Kier molecular flexibility index (Phi) is 23.4. The molecule has 3 rings (SSSR count). The van der Waals surface area contributed by atoms with Crippen LogP contribution >= 0.6 is 0 Å². The number of primary amides is 1. The lowest BCUT2D eigenvalue weighted by atomic mass is 10.0. The minimum atomic E-state index is -1.60. The maximum Gasteiger partial charge on any atom is 0.326 e. The van der Waals surface area contributed by atoms with Gasteiger partial charge >= 0.3 is 17.9 Å². The number of carbonyl (C=O) groups is 12. The Morgan fingerprint density at radius 2 is 1.12 bits per heavy atom. The molecule has 26 nitrogen and oxygen atoms in total. The number of benzene rings is 2. The highest BCUT2D eigenvalue weighted by molar-refractivity contribution is 5.98. The van der Waals surface area contributed by atoms with Gasteiger partial charge in [-0.15, -0.1) is 0 Å². The maximum atomic E-state index is 14.1. The number of carboxylic acids is 3. The number of nitrogens with two attached hydrogens (primary N) is 2. The minimum Gasteiger partial charge on any atom is -0.508 e. The summed E-state index contributed by atoms with van der Waals surface area (Å²) in [5, 5.41) is 55.0. The predicted octanol–water partition coefficient (Wildman–Crippen LogP) is -2.73. The van der Waals surface area contributed by atoms with E-state index in [0.29, 0.717) is 17.5 Å². The van der Waals surface area contributed by atoms with Crippen molar-refractivity contribution in [1.82, 2.24) is 42.1 Å². The average Bonchev–Trinajstić information content (AvgIpc) is 3.83. The van der Waals surface area contributed by atoms with Crippen LogP contribution in [0.5, 0.6) is 5.75 Å². The normalized spacial score (nSPS) is 16.3. The molecule has 26 heteroatoms. The number of aromatic hydroxyl groups is 1. The van der Waals surface area contributed by atoms with E-state index < -0.39 is 157 Å². The first-order valence-electron chi connectivity index (χ1n) is 23.7. The Labute approximate surface area is 425 Å². The van der Waals surface area contributed by atoms with Gasteiger partial charge in [0, 0.05) is 32.2 Å². The summed E-state index contributed by atoms with van der Waals surface area (Å²) < 4.78 is 0. The van der Waals surface area contributed by atoms with E-state index in [2.05, 4.69) is 37.2 Å². The zero-order chi connectivity index (χ0) is 55.4. The summed E-state index contributed by atoms with van der Waals surface area (Å²) in [6.07, 6.45) is -2.42. The summed E-state index contributed by atoms with van der Waals surface area (Å²) >= 11 is 0. The van der Waals surface area contributed by atoms with Crippen LogP contribution in [0.2, 0.25) is 0 Å². The van der Waals surface area contributed by atoms with Crippen molar-refractivity contribution < 1.29 is 78.0 Å². The van der Waals surface area contributed by atoms with Gasteiger partial charge in [-0.25, -0.2) is 4.79 Å². The quantitative estimate of drug-likeness (QED) is 0.0394. The zero-order valence-electron chi connectivity index (χ0n) is 41.3. The Morgan fingerprint density at radius 3 is 1.69 bits per heavy atom. The molecule has 74 heavy (non-hydrogen) atoms. The van der Waals surface area contributed by atoms with E-state index >= 15 is 0 Å². The SMILES string of the molecule is CC(C)[C@H](NC(=O)[C@H](CCC(=O)O)NC(=O)[C@@H](N)CC(=O)O)C(=O)N[C@@H](C)C(=O)N[C@@H](Cc1ccc(O)cc1)C(=O)N[C@@H](CCC(N)=O)C(=O)N[C@@H](C)C(=O)N1CCC[C@H]1C(=O)N[C@@H](Cc1ccccc1)C(=O)O. The summed E-state index contributed by atoms with van der Waals surface area (Å²) in [6.45, 7) is 5.72. The highest BCUT2D eigenvalue weighted by atomic mass is 16.4. The highest BCUT2D eigenvalue weighted by Gasteiger charge is 2.39. The molecule has 0 saturated carbocycles. The van der Waals surface area contributed by atoms with Gasteiger partial charge in [0.2, 0.25) is 53.2 Å². The minimum absolute atomic E-state index is 0.0231. The number of aliphatic carboxylic acids is 3. The van der Waals surface area contributed by atoms with Crippen LogP contribution in [0.3, 0.4) is 0 Å². The van der Waals surface area contributed by atoms with Crippen LogP contribution in [-0.2, 0) is 70.4 Å². The van der Waals surface area contributed by atoms with Crippen molar-refractivity contribution >= 4 is 71.1 Å². The second-order valence-electron chi connectivity index (χ2n) is 18.2. The van der Waals surface area contributed by atoms with Gasteiger partial charge in [0.15, 0.2) is 0 Å². The summed E-state index contributed by atoms with van der Waals surface area (Å²) in [7, 11) is 0. The lowest BCUT2D eigenvalue weighted by Gasteiger charge is -2.29. The number of carboxylic acid groups (broad SMARTS) is 3. The van der Waals surface area contributed by atoms with Gasteiger partial charge in [-0.2, -0.15) is 0 Å². The number of phenols is 1. The molecule has 1 heterocycles. The third-order valence-electron chi connectivity index (χ3n) is 11.8. The topological polar surface area (TPSA) is 425 Å². The van der Waals surface area contributed by atoms with Crippen LogP contribution in [0.1, 0.15) is 83.8 Å². The van der Waals surface area contributed by atoms with Crippen LogP contribution in [-0.4, -0.2) is 157 Å². The average molecular weight is 1040 g/mol. The standard InChI is InChI=1S/C48H66N10O16/c1-24(2)39(57-43(68)32(17-19-37(61)62)53-41(66)30(49)23-38(63)64)46(71)51-25(3)40(65)55-33(21-28-12-14-29(59)15-13-28)44(69)54-31(16-18-36(50)60)42(67)52-26(4)47(72)58-20-8-11-35(58)45(70)56-34(48(73)74)22-27-9-6-5-7-10-27/h5-7,9-10,12-15,24-26,30-35,39,59H,8,11,16-23,49H2,1-4H3,(H2,50,60)(H,51,71)(H,52,67)(H,53,66)(H,54,69)(H,55,65)(H,56,70)(H,57,68)(H,61,62)(H,63,64)(H,73,74)/t25-,26-,30-,31-,32-,33-,34-,35-,39-/m0/s1. The number of hydrogen-bond acceptors (Lipinski definition) is 14. The van der Waals surface area contributed by atoms with Gasteiger partial charge in [0.25, 0.3) is 0 Å². The molecule has 0 aromatic heterocycles.